The third kappa shape index (κ3) is 60.9. The summed E-state index contributed by atoms with van der Waals surface area (Å²) in [4.78, 5) is 72.3. The molecule has 86 heavy (non-hydrogen) atoms. The van der Waals surface area contributed by atoms with E-state index in [4.69, 9.17) is 37.0 Å². The first kappa shape index (κ1) is 84.1. The van der Waals surface area contributed by atoms with Gasteiger partial charge in [0.05, 0.1) is 26.4 Å². The highest BCUT2D eigenvalue weighted by Gasteiger charge is 2.30. The molecule has 3 N–H and O–H groups in total. The van der Waals surface area contributed by atoms with E-state index in [9.17, 15) is 43.2 Å². The van der Waals surface area contributed by atoms with Crippen LogP contribution in [0.15, 0.2) is 0 Å². The molecular formula is C67H130O17P2. The first-order valence-electron chi connectivity index (χ1n) is 34.8. The predicted octanol–water partition coefficient (Wildman–Crippen LogP) is 18.7. The highest BCUT2D eigenvalue weighted by atomic mass is 31.2. The van der Waals surface area contributed by atoms with E-state index in [1.165, 1.54) is 135 Å². The van der Waals surface area contributed by atoms with Crippen molar-refractivity contribution in [3.05, 3.63) is 0 Å². The van der Waals surface area contributed by atoms with Crippen LogP contribution in [-0.2, 0) is 65.4 Å². The fraction of sp³-hybridized carbons (Fsp3) is 0.940. The second-order valence-electron chi connectivity index (χ2n) is 25.6. The molecule has 17 nitrogen and oxygen atoms in total. The van der Waals surface area contributed by atoms with E-state index >= 15 is 0 Å². The Labute approximate surface area is 524 Å². The van der Waals surface area contributed by atoms with E-state index in [1.807, 2.05) is 0 Å². The molecule has 0 aromatic carbocycles. The smallest absolute Gasteiger partial charge is 0.462 e. The maximum atomic E-state index is 13.0. The van der Waals surface area contributed by atoms with Crippen molar-refractivity contribution in [2.45, 2.75) is 349 Å². The van der Waals surface area contributed by atoms with Crippen molar-refractivity contribution in [1.29, 1.82) is 0 Å². The van der Waals surface area contributed by atoms with Gasteiger partial charge in [0.2, 0.25) is 0 Å². The maximum Gasteiger partial charge on any atom is 0.472 e. The number of rotatable bonds is 65. The number of hydrogen-bond donors (Lipinski definition) is 3. The van der Waals surface area contributed by atoms with Gasteiger partial charge in [0, 0.05) is 25.7 Å². The molecule has 0 aliphatic heterocycles. The molecule has 0 saturated carbocycles. The average Bonchev–Trinajstić information content (AvgIpc) is 3.55. The topological polar surface area (TPSA) is 237 Å². The first-order chi connectivity index (χ1) is 41.2. The SMILES string of the molecule is CCCCCCCCCCC(=O)OC[C@H](COP(=O)(O)OC[C@H](O)COP(=O)(O)OC[C@@H](COC(=O)CCCCCCCCCCCCC(C)C)OC(=O)CCCCCCCCCCCCCC(C)C)OC(=O)CCCCCCCCCCC(C)C. The summed E-state index contributed by atoms with van der Waals surface area (Å²) in [5.41, 5.74) is 0. The van der Waals surface area contributed by atoms with Crippen molar-refractivity contribution in [3.63, 3.8) is 0 Å². The van der Waals surface area contributed by atoms with Crippen LogP contribution in [-0.4, -0.2) is 96.7 Å². The normalized spacial score (nSPS) is 14.3. The van der Waals surface area contributed by atoms with Crippen LogP contribution >= 0.6 is 15.6 Å². The Bertz CT molecular complexity index is 1700. The zero-order valence-corrected chi connectivity index (χ0v) is 57.6. The van der Waals surface area contributed by atoms with Gasteiger partial charge in [-0.1, -0.05) is 280 Å². The van der Waals surface area contributed by atoms with E-state index in [0.717, 1.165) is 114 Å². The van der Waals surface area contributed by atoms with Crippen LogP contribution in [0.3, 0.4) is 0 Å². The number of phosphoric acid groups is 2. The summed E-state index contributed by atoms with van der Waals surface area (Å²) < 4.78 is 68.1. The Morgan fingerprint density at radius 3 is 0.791 bits per heavy atom. The van der Waals surface area contributed by atoms with Crippen LogP contribution in [0, 0.1) is 17.8 Å². The van der Waals surface area contributed by atoms with Gasteiger partial charge in [0.15, 0.2) is 12.2 Å². The van der Waals surface area contributed by atoms with E-state index in [1.54, 1.807) is 0 Å². The Morgan fingerprint density at radius 2 is 0.535 bits per heavy atom. The molecule has 0 aliphatic carbocycles. The van der Waals surface area contributed by atoms with Crippen molar-refractivity contribution >= 4 is 39.5 Å². The number of aliphatic hydroxyl groups is 1. The van der Waals surface area contributed by atoms with Gasteiger partial charge in [0.1, 0.15) is 19.3 Å². The average molecular weight is 1270 g/mol. The van der Waals surface area contributed by atoms with Crippen molar-refractivity contribution in [1.82, 2.24) is 0 Å². The van der Waals surface area contributed by atoms with Gasteiger partial charge in [-0.15, -0.1) is 0 Å². The summed E-state index contributed by atoms with van der Waals surface area (Å²) in [7, 11) is -9.89. The molecule has 0 rings (SSSR count). The van der Waals surface area contributed by atoms with Gasteiger partial charge >= 0.3 is 39.5 Å². The van der Waals surface area contributed by atoms with Gasteiger partial charge in [-0.2, -0.15) is 0 Å². The lowest BCUT2D eigenvalue weighted by molar-refractivity contribution is -0.161. The summed E-state index contributed by atoms with van der Waals surface area (Å²) in [6.07, 6.45) is 40.4. The lowest BCUT2D eigenvalue weighted by Crippen LogP contribution is -2.30. The Balaban J connectivity index is 5.24. The van der Waals surface area contributed by atoms with Crippen molar-refractivity contribution in [2.75, 3.05) is 39.6 Å². The number of carbonyl (C=O) groups is 4. The summed E-state index contributed by atoms with van der Waals surface area (Å²) in [6, 6.07) is 0. The van der Waals surface area contributed by atoms with Crippen LogP contribution in [0.1, 0.15) is 331 Å². The zero-order valence-electron chi connectivity index (χ0n) is 55.8. The summed E-state index contributed by atoms with van der Waals surface area (Å²) in [6.45, 7) is 11.8. The second kappa shape index (κ2) is 58.2. The fourth-order valence-electron chi connectivity index (χ4n) is 10.0. The molecule has 0 spiro atoms. The Kier molecular flexibility index (Phi) is 56.9. The number of aliphatic hydroxyl groups excluding tert-OH is 1. The van der Waals surface area contributed by atoms with E-state index in [-0.39, 0.29) is 25.7 Å². The molecule has 19 heteroatoms. The van der Waals surface area contributed by atoms with E-state index in [2.05, 4.69) is 48.5 Å². The Morgan fingerprint density at radius 1 is 0.314 bits per heavy atom. The molecule has 510 valence electrons. The minimum absolute atomic E-state index is 0.104. The molecule has 0 saturated heterocycles. The zero-order chi connectivity index (χ0) is 63.8. The number of carbonyl (C=O) groups excluding carboxylic acids is 4. The highest BCUT2D eigenvalue weighted by molar-refractivity contribution is 7.47. The molecule has 5 atom stereocenters. The third-order valence-electron chi connectivity index (χ3n) is 15.4. The van der Waals surface area contributed by atoms with Gasteiger partial charge in [0.25, 0.3) is 0 Å². The number of unbranched alkanes of at least 4 members (excludes halogenated alkanes) is 33. The molecule has 0 aromatic rings. The maximum absolute atomic E-state index is 13.0. The van der Waals surface area contributed by atoms with E-state index < -0.39 is 97.5 Å². The fourth-order valence-corrected chi connectivity index (χ4v) is 11.6. The number of hydrogen-bond acceptors (Lipinski definition) is 15. The largest absolute Gasteiger partial charge is 0.472 e. The van der Waals surface area contributed by atoms with Crippen LogP contribution in [0.25, 0.3) is 0 Å². The lowest BCUT2D eigenvalue weighted by atomic mass is 10.0. The number of phosphoric ester groups is 2. The van der Waals surface area contributed by atoms with Gasteiger partial charge in [-0.3, -0.25) is 37.3 Å². The van der Waals surface area contributed by atoms with Crippen molar-refractivity contribution in [2.24, 2.45) is 17.8 Å². The first-order valence-corrected chi connectivity index (χ1v) is 37.8. The van der Waals surface area contributed by atoms with E-state index in [0.29, 0.717) is 25.7 Å². The summed E-state index contributed by atoms with van der Waals surface area (Å²) in [5.74, 6) is 0.108. The minimum atomic E-state index is -4.95. The van der Waals surface area contributed by atoms with Gasteiger partial charge < -0.3 is 33.8 Å². The van der Waals surface area contributed by atoms with Crippen molar-refractivity contribution < 1.29 is 80.2 Å². The molecule has 0 aromatic heterocycles. The minimum Gasteiger partial charge on any atom is -0.462 e. The van der Waals surface area contributed by atoms with Crippen LogP contribution in [0.5, 0.6) is 0 Å². The molecule has 0 heterocycles. The molecule has 0 amide bonds. The summed E-state index contributed by atoms with van der Waals surface area (Å²) in [5, 5.41) is 10.6. The highest BCUT2D eigenvalue weighted by Crippen LogP contribution is 2.45. The van der Waals surface area contributed by atoms with Crippen LogP contribution in [0.2, 0.25) is 0 Å². The lowest BCUT2D eigenvalue weighted by Gasteiger charge is -2.21. The predicted molar refractivity (Wildman–Crippen MR) is 344 cm³/mol. The molecular weight excluding hydrogens is 1140 g/mol. The van der Waals surface area contributed by atoms with Crippen molar-refractivity contribution in [3.8, 4) is 0 Å². The molecule has 2 unspecified atom stereocenters. The molecule has 0 bridgehead atoms. The van der Waals surface area contributed by atoms with Gasteiger partial charge in [-0.05, 0) is 43.4 Å². The number of esters is 4. The standard InChI is InChI=1S/C67H130O17P2/c1-8-9-10-11-12-27-34-41-48-64(69)77-54-62(84-67(72)51-44-37-30-23-22-26-33-40-47-60(6)7)56-81-85(73,74)79-52-61(68)53-80-86(75,76)82-57-63(55-78-65(70)49-42-35-28-20-17-16-19-25-32-39-46-59(4)5)83-66(71)50-43-36-29-21-15-13-14-18-24-31-38-45-58(2)3/h58-63,68H,8-57H2,1-7H3,(H,73,74)(H,75,76)/t61-,62+,63+/m0/s1. The van der Waals surface area contributed by atoms with Crippen LogP contribution < -0.4 is 0 Å². The van der Waals surface area contributed by atoms with Crippen LogP contribution in [0.4, 0.5) is 0 Å². The molecule has 0 fully saturated rings. The molecule has 0 radical (unpaired) electrons. The van der Waals surface area contributed by atoms with Gasteiger partial charge in [-0.25, -0.2) is 9.13 Å². The number of ether oxygens (including phenoxy) is 4. The quantitative estimate of drug-likeness (QED) is 0.0222. The Hall–Kier alpha value is -1.94. The monoisotopic (exact) mass is 1270 g/mol. The third-order valence-corrected chi connectivity index (χ3v) is 17.3. The second-order valence-corrected chi connectivity index (χ2v) is 28.5. The summed E-state index contributed by atoms with van der Waals surface area (Å²) >= 11 is 0. The molecule has 0 aliphatic rings.